The van der Waals surface area contributed by atoms with Gasteiger partial charge in [0, 0.05) is 29.2 Å². The van der Waals surface area contributed by atoms with Crippen LogP contribution in [0.25, 0.3) is 22.6 Å². The van der Waals surface area contributed by atoms with Crippen LogP contribution in [0.15, 0.2) is 83.6 Å². The Bertz CT molecular complexity index is 2130. The van der Waals surface area contributed by atoms with Crippen molar-refractivity contribution in [2.24, 2.45) is 11.8 Å². The van der Waals surface area contributed by atoms with Crippen molar-refractivity contribution in [2.75, 3.05) is 0 Å². The van der Waals surface area contributed by atoms with Gasteiger partial charge in [0.1, 0.15) is 40.3 Å². The molecule has 234 valence electrons. The SMILES string of the molecule is N#Cc1ccc(COc2ccc(-c3cccc4nc(CC(=O)C5CC5)nn34)cc2)cn1.O=C(Cc1nc2cccc(Br)n2n1)C1CC1. The van der Waals surface area contributed by atoms with Gasteiger partial charge in [0.15, 0.2) is 22.9 Å². The third-order valence-corrected chi connectivity index (χ3v) is 8.59. The van der Waals surface area contributed by atoms with Crippen LogP contribution in [0, 0.1) is 23.2 Å². The molecule has 6 aromatic rings. The van der Waals surface area contributed by atoms with Crippen molar-refractivity contribution < 1.29 is 14.3 Å². The molecule has 5 aromatic heterocycles. The summed E-state index contributed by atoms with van der Waals surface area (Å²) in [5, 5.41) is 17.7. The minimum Gasteiger partial charge on any atom is -0.489 e. The molecule has 2 saturated carbocycles. The number of halogens is 1. The maximum Gasteiger partial charge on any atom is 0.159 e. The smallest absolute Gasteiger partial charge is 0.159 e. The van der Waals surface area contributed by atoms with E-state index >= 15 is 0 Å². The highest BCUT2D eigenvalue weighted by Crippen LogP contribution is 2.31. The Labute approximate surface area is 278 Å². The molecule has 0 unspecified atom stereocenters. The second-order valence-corrected chi connectivity index (χ2v) is 12.5. The van der Waals surface area contributed by atoms with E-state index in [2.05, 4.69) is 41.1 Å². The number of carbonyl (C=O) groups excluding carboxylic acids is 2. The van der Waals surface area contributed by atoms with Crippen molar-refractivity contribution in [1.29, 1.82) is 5.26 Å². The molecular weight excluding hydrogens is 660 g/mol. The first kappa shape index (κ1) is 30.4. The summed E-state index contributed by atoms with van der Waals surface area (Å²) in [4.78, 5) is 36.6. The first-order valence-electron chi connectivity index (χ1n) is 15.4. The largest absolute Gasteiger partial charge is 0.489 e. The van der Waals surface area contributed by atoms with Crippen LogP contribution in [0.2, 0.25) is 0 Å². The van der Waals surface area contributed by atoms with E-state index in [9.17, 15) is 9.59 Å². The quantitative estimate of drug-likeness (QED) is 0.164. The monoisotopic (exact) mass is 688 g/mol. The number of benzene rings is 1. The molecule has 0 aliphatic heterocycles. The number of nitriles is 1. The lowest BCUT2D eigenvalue weighted by atomic mass is 10.1. The molecule has 0 atom stereocenters. The second-order valence-electron chi connectivity index (χ2n) is 11.7. The van der Waals surface area contributed by atoms with Gasteiger partial charge in [0.2, 0.25) is 0 Å². The third-order valence-electron chi connectivity index (χ3n) is 7.99. The molecule has 1 aromatic carbocycles. The number of hydrogen-bond donors (Lipinski definition) is 0. The highest BCUT2D eigenvalue weighted by Gasteiger charge is 2.31. The topological polar surface area (TPSA) is 140 Å². The average molecular weight is 690 g/mol. The van der Waals surface area contributed by atoms with E-state index in [1.54, 1.807) is 21.3 Å². The van der Waals surface area contributed by atoms with Gasteiger partial charge >= 0.3 is 0 Å². The summed E-state index contributed by atoms with van der Waals surface area (Å²) in [5.74, 6) is 2.90. The number of nitrogens with zero attached hydrogens (tertiary/aromatic N) is 8. The molecule has 0 saturated heterocycles. The van der Waals surface area contributed by atoms with Crippen molar-refractivity contribution in [1.82, 2.24) is 34.2 Å². The average Bonchev–Trinajstić information content (AvgIpc) is 4.03. The fourth-order valence-electron chi connectivity index (χ4n) is 5.11. The Morgan fingerprint density at radius 1 is 0.809 bits per heavy atom. The normalized spacial score (nSPS) is 14.0. The number of rotatable bonds is 10. The van der Waals surface area contributed by atoms with Crippen molar-refractivity contribution in [3.8, 4) is 23.1 Å². The molecule has 2 aliphatic rings. The number of carbonyl (C=O) groups is 2. The molecule has 8 rings (SSSR count). The summed E-state index contributed by atoms with van der Waals surface area (Å²) in [7, 11) is 0. The number of ether oxygens (including phenoxy) is 1. The predicted molar refractivity (Wildman–Crippen MR) is 175 cm³/mol. The molecule has 0 N–H and O–H groups in total. The number of hydrogen-bond acceptors (Lipinski definition) is 9. The number of aromatic nitrogens is 7. The maximum absolute atomic E-state index is 12.1. The van der Waals surface area contributed by atoms with Crippen molar-refractivity contribution in [3.63, 3.8) is 0 Å². The Morgan fingerprint density at radius 3 is 2.00 bits per heavy atom. The molecule has 0 radical (unpaired) electrons. The molecule has 2 fully saturated rings. The van der Waals surface area contributed by atoms with Crippen molar-refractivity contribution in [2.45, 2.75) is 45.1 Å². The van der Waals surface area contributed by atoms with E-state index in [4.69, 9.17) is 10.00 Å². The second kappa shape index (κ2) is 13.2. The minimum atomic E-state index is 0.207. The molecule has 0 spiro atoms. The standard InChI is InChI=1S/C24H19N5O2.C11H10BrN3O/c25-13-19-9-4-16(14-26-19)15-31-20-10-7-17(8-11-20)21-2-1-3-24-27-23(28-29(21)24)12-22(30)18-5-6-18;12-9-2-1-3-11-13-10(14-15(9)11)6-8(16)7-4-5-7/h1-4,7-11,14,18H,5-6,12,15H2;1-3,7H,4-6H2. The highest BCUT2D eigenvalue weighted by molar-refractivity contribution is 9.10. The van der Waals surface area contributed by atoms with Gasteiger partial charge in [0.05, 0.1) is 18.5 Å². The lowest BCUT2D eigenvalue weighted by Gasteiger charge is -2.08. The summed E-state index contributed by atoms with van der Waals surface area (Å²) in [6, 6.07) is 24.7. The molecule has 0 bridgehead atoms. The predicted octanol–water partition coefficient (Wildman–Crippen LogP) is 5.78. The zero-order valence-corrected chi connectivity index (χ0v) is 26.9. The van der Waals surface area contributed by atoms with E-state index < -0.39 is 0 Å². The Balaban J connectivity index is 0.000000183. The molecule has 12 heteroatoms. The number of fused-ring (bicyclic) bond motifs is 2. The lowest BCUT2D eigenvalue weighted by molar-refractivity contribution is -0.120. The summed E-state index contributed by atoms with van der Waals surface area (Å²) in [5.41, 5.74) is 4.65. The van der Waals surface area contributed by atoms with E-state index in [-0.39, 0.29) is 23.4 Å². The zero-order chi connectivity index (χ0) is 32.3. The van der Waals surface area contributed by atoms with Crippen LogP contribution in [0.5, 0.6) is 5.75 Å². The Morgan fingerprint density at radius 2 is 1.43 bits per heavy atom. The molecule has 2 aliphatic carbocycles. The Kier molecular flexibility index (Phi) is 8.54. The van der Waals surface area contributed by atoms with Crippen LogP contribution in [0.3, 0.4) is 0 Å². The van der Waals surface area contributed by atoms with Gasteiger partial charge < -0.3 is 4.74 Å². The van der Waals surface area contributed by atoms with E-state index in [0.717, 1.165) is 64.2 Å². The van der Waals surface area contributed by atoms with Crippen LogP contribution in [-0.4, -0.2) is 45.7 Å². The van der Waals surface area contributed by atoms with Crippen LogP contribution in [-0.2, 0) is 29.0 Å². The first-order valence-corrected chi connectivity index (χ1v) is 16.2. The fourth-order valence-corrected chi connectivity index (χ4v) is 5.52. The lowest BCUT2D eigenvalue weighted by Crippen LogP contribution is -2.06. The summed E-state index contributed by atoms with van der Waals surface area (Å²) in [6.45, 7) is 0.370. The molecule has 0 amide bonds. The van der Waals surface area contributed by atoms with Gasteiger partial charge in [-0.3, -0.25) is 9.59 Å². The number of Topliss-reactive ketones (excluding diaryl/α,β-unsaturated/α-hetero) is 2. The van der Waals surface area contributed by atoms with Gasteiger partial charge in [-0.1, -0.05) is 18.2 Å². The van der Waals surface area contributed by atoms with Crippen LogP contribution >= 0.6 is 15.9 Å². The number of ketones is 2. The van der Waals surface area contributed by atoms with Crippen molar-refractivity contribution in [3.05, 3.63) is 107 Å². The maximum atomic E-state index is 12.1. The van der Waals surface area contributed by atoms with E-state index in [1.165, 1.54) is 0 Å². The van der Waals surface area contributed by atoms with Gasteiger partial charge in [-0.05, 0) is 96.2 Å². The van der Waals surface area contributed by atoms with Crippen LogP contribution in [0.1, 0.15) is 48.6 Å². The number of pyridine rings is 3. The fraction of sp³-hybridized carbons (Fsp3) is 0.257. The molecular formula is C35H29BrN8O3. The molecule has 47 heavy (non-hydrogen) atoms. The first-order chi connectivity index (χ1) is 22.9. The zero-order valence-electron chi connectivity index (χ0n) is 25.3. The summed E-state index contributed by atoms with van der Waals surface area (Å²) in [6.07, 6.45) is 6.36. The summed E-state index contributed by atoms with van der Waals surface area (Å²) < 4.78 is 10.2. The minimum absolute atomic E-state index is 0.207. The van der Waals surface area contributed by atoms with Gasteiger partial charge in [-0.15, -0.1) is 5.10 Å². The highest BCUT2D eigenvalue weighted by atomic mass is 79.9. The van der Waals surface area contributed by atoms with Crippen LogP contribution < -0.4 is 4.74 Å². The van der Waals surface area contributed by atoms with E-state index in [0.29, 0.717) is 36.8 Å². The van der Waals surface area contributed by atoms with Gasteiger partial charge in [-0.2, -0.15) is 10.4 Å². The molecule has 5 heterocycles. The Hall–Kier alpha value is -5.28. The van der Waals surface area contributed by atoms with Crippen LogP contribution in [0.4, 0.5) is 0 Å². The molecule has 11 nitrogen and oxygen atoms in total. The van der Waals surface area contributed by atoms with Gasteiger partial charge in [-0.25, -0.2) is 24.0 Å². The van der Waals surface area contributed by atoms with Gasteiger partial charge in [0.25, 0.3) is 0 Å². The van der Waals surface area contributed by atoms with E-state index in [1.807, 2.05) is 72.8 Å². The summed E-state index contributed by atoms with van der Waals surface area (Å²) >= 11 is 3.39. The third kappa shape index (κ3) is 7.26. The van der Waals surface area contributed by atoms with Crippen molar-refractivity contribution >= 4 is 38.8 Å².